The van der Waals surface area contributed by atoms with Gasteiger partial charge in [0.25, 0.3) is 5.56 Å². The summed E-state index contributed by atoms with van der Waals surface area (Å²) < 4.78 is 1.27. The van der Waals surface area contributed by atoms with Crippen LogP contribution in [-0.4, -0.2) is 39.0 Å². The number of aromatic amines is 1. The van der Waals surface area contributed by atoms with Crippen LogP contribution in [0.1, 0.15) is 6.42 Å². The third-order valence-corrected chi connectivity index (χ3v) is 3.52. The van der Waals surface area contributed by atoms with Gasteiger partial charge in [0.2, 0.25) is 11.8 Å². The Hall–Kier alpha value is -3.43. The van der Waals surface area contributed by atoms with E-state index in [2.05, 4.69) is 10.4 Å². The maximum atomic E-state index is 12.0. The van der Waals surface area contributed by atoms with Crippen LogP contribution in [0, 0.1) is 0 Å². The van der Waals surface area contributed by atoms with E-state index in [4.69, 9.17) is 0 Å². The van der Waals surface area contributed by atoms with Gasteiger partial charge in [-0.3, -0.25) is 34.7 Å². The number of amides is 4. The van der Waals surface area contributed by atoms with Crippen LogP contribution >= 0.6 is 0 Å². The van der Waals surface area contributed by atoms with Gasteiger partial charge >= 0.3 is 11.7 Å². The molecule has 1 fully saturated rings. The third kappa shape index (κ3) is 2.89. The molecular weight excluding hydrogens is 318 g/mol. The summed E-state index contributed by atoms with van der Waals surface area (Å²) in [6, 6.07) is 5.82. The quantitative estimate of drug-likeness (QED) is 0.597. The standard InChI is InChI=1S/C14H13N5O5/c20-10(17-19-7-11(21)15-14(19)24)5-6-18-9-4-2-1-3-8(9)12(22)16-13(18)23/h1-4H,5-7H2,(H,17,20)(H,15,21,24)(H,16,22,23). The molecule has 0 bridgehead atoms. The zero-order valence-electron chi connectivity index (χ0n) is 12.4. The largest absolute Gasteiger partial charge is 0.343 e. The molecule has 4 amide bonds. The molecule has 124 valence electrons. The molecule has 1 aromatic heterocycles. The Kier molecular flexibility index (Phi) is 3.86. The molecule has 2 heterocycles. The van der Waals surface area contributed by atoms with Crippen molar-refractivity contribution in [2.24, 2.45) is 0 Å². The summed E-state index contributed by atoms with van der Waals surface area (Å²) in [6.45, 7) is -0.253. The molecule has 10 heteroatoms. The fourth-order valence-corrected chi connectivity index (χ4v) is 2.42. The van der Waals surface area contributed by atoms with Gasteiger partial charge in [0, 0.05) is 13.0 Å². The number of hydrogen-bond donors (Lipinski definition) is 3. The highest BCUT2D eigenvalue weighted by Crippen LogP contribution is 2.07. The number of carbonyl (C=O) groups excluding carboxylic acids is 3. The topological polar surface area (TPSA) is 133 Å². The Balaban J connectivity index is 1.75. The van der Waals surface area contributed by atoms with Crippen molar-refractivity contribution >= 4 is 28.7 Å². The van der Waals surface area contributed by atoms with Crippen molar-refractivity contribution in [1.82, 2.24) is 25.3 Å². The number of carbonyl (C=O) groups is 3. The molecular formula is C14H13N5O5. The van der Waals surface area contributed by atoms with E-state index in [1.165, 1.54) is 4.57 Å². The van der Waals surface area contributed by atoms with Gasteiger partial charge in [-0.25, -0.2) is 14.6 Å². The Bertz CT molecular complexity index is 960. The number of hydrazine groups is 1. The van der Waals surface area contributed by atoms with E-state index in [1.807, 2.05) is 5.32 Å². The number of imide groups is 1. The van der Waals surface area contributed by atoms with Crippen molar-refractivity contribution in [1.29, 1.82) is 0 Å². The summed E-state index contributed by atoms with van der Waals surface area (Å²) in [5.41, 5.74) is 1.57. The Labute approximate surface area is 134 Å². The molecule has 1 aliphatic rings. The minimum Gasteiger partial charge on any atom is -0.293 e. The third-order valence-electron chi connectivity index (χ3n) is 3.52. The van der Waals surface area contributed by atoms with Gasteiger partial charge in [-0.1, -0.05) is 12.1 Å². The second-order valence-corrected chi connectivity index (χ2v) is 5.15. The Morgan fingerprint density at radius 1 is 1.17 bits per heavy atom. The van der Waals surface area contributed by atoms with Crippen molar-refractivity contribution in [3.8, 4) is 0 Å². The van der Waals surface area contributed by atoms with Crippen molar-refractivity contribution in [2.45, 2.75) is 13.0 Å². The summed E-state index contributed by atoms with van der Waals surface area (Å²) in [6.07, 6.45) is -0.117. The van der Waals surface area contributed by atoms with E-state index in [1.54, 1.807) is 24.3 Å². The molecule has 2 aromatic rings. The summed E-state index contributed by atoms with van der Waals surface area (Å²) >= 11 is 0. The molecule has 0 spiro atoms. The molecule has 0 atom stereocenters. The lowest BCUT2D eigenvalue weighted by molar-refractivity contribution is -0.125. The van der Waals surface area contributed by atoms with E-state index in [0.29, 0.717) is 10.9 Å². The lowest BCUT2D eigenvalue weighted by Gasteiger charge is -2.15. The smallest absolute Gasteiger partial charge is 0.293 e. The maximum absolute atomic E-state index is 12.0. The molecule has 3 N–H and O–H groups in total. The number of nitrogens with one attached hydrogen (secondary N) is 3. The average molecular weight is 331 g/mol. The van der Waals surface area contributed by atoms with Gasteiger partial charge in [-0.05, 0) is 12.1 Å². The first-order valence-electron chi connectivity index (χ1n) is 7.08. The van der Waals surface area contributed by atoms with E-state index in [-0.39, 0.29) is 19.5 Å². The summed E-state index contributed by atoms with van der Waals surface area (Å²) in [5, 5.41) is 3.22. The molecule has 0 saturated carbocycles. The lowest BCUT2D eigenvalue weighted by atomic mass is 10.2. The van der Waals surface area contributed by atoms with Crippen molar-refractivity contribution < 1.29 is 14.4 Å². The highest BCUT2D eigenvalue weighted by Gasteiger charge is 2.27. The molecule has 0 unspecified atom stereocenters. The van der Waals surface area contributed by atoms with Gasteiger partial charge in [0.05, 0.1) is 10.9 Å². The SMILES string of the molecule is O=C1CN(NC(=O)CCn2c(=O)[nH]c(=O)c3ccccc32)C(=O)N1. The number of aromatic nitrogens is 2. The van der Waals surface area contributed by atoms with Crippen LogP contribution in [0.5, 0.6) is 0 Å². The zero-order valence-corrected chi connectivity index (χ0v) is 12.4. The molecule has 0 aliphatic carbocycles. The van der Waals surface area contributed by atoms with E-state index in [0.717, 1.165) is 5.01 Å². The monoisotopic (exact) mass is 331 g/mol. The normalized spacial score (nSPS) is 14.1. The van der Waals surface area contributed by atoms with Gasteiger partial charge in [-0.15, -0.1) is 0 Å². The Morgan fingerprint density at radius 2 is 1.92 bits per heavy atom. The average Bonchev–Trinajstić information content (AvgIpc) is 2.84. The maximum Gasteiger partial charge on any atom is 0.343 e. The molecule has 10 nitrogen and oxygen atoms in total. The predicted molar refractivity (Wildman–Crippen MR) is 81.8 cm³/mol. The summed E-state index contributed by atoms with van der Waals surface area (Å²) in [4.78, 5) is 60.2. The van der Waals surface area contributed by atoms with Crippen LogP contribution in [0.4, 0.5) is 4.79 Å². The first kappa shape index (κ1) is 15.5. The molecule has 24 heavy (non-hydrogen) atoms. The second kappa shape index (κ2) is 5.99. The number of fused-ring (bicyclic) bond motifs is 1. The van der Waals surface area contributed by atoms with Crippen LogP contribution in [0.15, 0.2) is 33.9 Å². The van der Waals surface area contributed by atoms with E-state index < -0.39 is 29.1 Å². The van der Waals surface area contributed by atoms with Crippen molar-refractivity contribution in [2.75, 3.05) is 6.54 Å². The fourth-order valence-electron chi connectivity index (χ4n) is 2.42. The van der Waals surface area contributed by atoms with Gasteiger partial charge in [-0.2, -0.15) is 0 Å². The van der Waals surface area contributed by atoms with E-state index in [9.17, 15) is 24.0 Å². The van der Waals surface area contributed by atoms with Crippen LogP contribution in [-0.2, 0) is 16.1 Å². The zero-order chi connectivity index (χ0) is 17.3. The van der Waals surface area contributed by atoms with Crippen LogP contribution in [0.25, 0.3) is 10.9 Å². The van der Waals surface area contributed by atoms with Gasteiger partial charge in [0.15, 0.2) is 0 Å². The summed E-state index contributed by atoms with van der Waals surface area (Å²) in [7, 11) is 0. The van der Waals surface area contributed by atoms with Crippen molar-refractivity contribution in [3.63, 3.8) is 0 Å². The molecule has 0 radical (unpaired) electrons. The second-order valence-electron chi connectivity index (χ2n) is 5.15. The minimum atomic E-state index is -0.708. The van der Waals surface area contributed by atoms with Crippen LogP contribution in [0.2, 0.25) is 0 Å². The minimum absolute atomic E-state index is 0.00532. The van der Waals surface area contributed by atoms with Crippen molar-refractivity contribution in [3.05, 3.63) is 45.1 Å². The fraction of sp³-hybridized carbons (Fsp3) is 0.214. The lowest BCUT2D eigenvalue weighted by Crippen LogP contribution is -2.44. The molecule has 1 aromatic carbocycles. The number of urea groups is 1. The number of nitrogens with zero attached hydrogens (tertiary/aromatic N) is 2. The van der Waals surface area contributed by atoms with Crippen LogP contribution < -0.4 is 22.0 Å². The molecule has 1 aliphatic heterocycles. The number of para-hydroxylation sites is 1. The highest BCUT2D eigenvalue weighted by atomic mass is 16.2. The predicted octanol–water partition coefficient (Wildman–Crippen LogP) is -1.34. The van der Waals surface area contributed by atoms with E-state index >= 15 is 0 Å². The van der Waals surface area contributed by atoms with Gasteiger partial charge < -0.3 is 0 Å². The van der Waals surface area contributed by atoms with Gasteiger partial charge in [0.1, 0.15) is 6.54 Å². The number of aryl methyl sites for hydroxylation is 1. The first-order valence-corrected chi connectivity index (χ1v) is 7.08. The first-order chi connectivity index (χ1) is 11.5. The molecule has 3 rings (SSSR count). The highest BCUT2D eigenvalue weighted by molar-refractivity contribution is 6.02. The molecule has 1 saturated heterocycles. The Morgan fingerprint density at radius 3 is 2.62 bits per heavy atom. The van der Waals surface area contributed by atoms with Crippen LogP contribution in [0.3, 0.4) is 0 Å². The number of hydrogen-bond acceptors (Lipinski definition) is 5. The number of rotatable bonds is 4. The summed E-state index contributed by atoms with van der Waals surface area (Å²) in [5.74, 6) is -1.05. The number of benzene rings is 1. The number of H-pyrrole nitrogens is 1.